The van der Waals surface area contributed by atoms with Gasteiger partial charge in [0.1, 0.15) is 6.61 Å². The Morgan fingerprint density at radius 2 is 2.11 bits per heavy atom. The first-order valence-electron chi connectivity index (χ1n) is 6.81. The maximum Gasteiger partial charge on any atom is 0.410 e. The Kier molecular flexibility index (Phi) is 3.19. The molecule has 1 aromatic carbocycles. The number of benzene rings is 1. The Hall–Kier alpha value is -1.55. The summed E-state index contributed by atoms with van der Waals surface area (Å²) >= 11 is 0. The monoisotopic (exact) mass is 261 g/mol. The van der Waals surface area contributed by atoms with Crippen LogP contribution in [-0.2, 0) is 11.3 Å². The second-order valence-electron chi connectivity index (χ2n) is 5.77. The third-order valence-corrected chi connectivity index (χ3v) is 4.24. The molecule has 1 spiro atoms. The maximum absolute atomic E-state index is 12.0. The first-order chi connectivity index (χ1) is 9.17. The zero-order valence-corrected chi connectivity index (χ0v) is 10.9. The van der Waals surface area contributed by atoms with Crippen LogP contribution in [0.2, 0.25) is 0 Å². The molecule has 1 amide bonds. The van der Waals surface area contributed by atoms with E-state index in [1.54, 1.807) is 4.90 Å². The predicted molar refractivity (Wildman–Crippen MR) is 70.5 cm³/mol. The Morgan fingerprint density at radius 3 is 2.79 bits per heavy atom. The molecule has 3 rings (SSSR count). The molecule has 19 heavy (non-hydrogen) atoms. The highest BCUT2D eigenvalue weighted by atomic mass is 16.6. The van der Waals surface area contributed by atoms with E-state index < -0.39 is 0 Å². The van der Waals surface area contributed by atoms with E-state index in [-0.39, 0.29) is 17.6 Å². The van der Waals surface area contributed by atoms with Gasteiger partial charge in [-0.2, -0.15) is 0 Å². The van der Waals surface area contributed by atoms with E-state index in [2.05, 4.69) is 0 Å². The first kappa shape index (κ1) is 12.5. The van der Waals surface area contributed by atoms with E-state index in [1.165, 1.54) is 0 Å². The van der Waals surface area contributed by atoms with Crippen LogP contribution >= 0.6 is 0 Å². The highest BCUT2D eigenvalue weighted by molar-refractivity contribution is 5.68. The summed E-state index contributed by atoms with van der Waals surface area (Å²) in [6.45, 7) is 1.81. The molecule has 102 valence electrons. The van der Waals surface area contributed by atoms with Gasteiger partial charge in [0.2, 0.25) is 0 Å². The van der Waals surface area contributed by atoms with Crippen molar-refractivity contribution < 1.29 is 14.6 Å². The van der Waals surface area contributed by atoms with Crippen molar-refractivity contribution in [2.45, 2.75) is 32.0 Å². The van der Waals surface area contributed by atoms with Crippen LogP contribution in [0.15, 0.2) is 30.3 Å². The lowest BCUT2D eigenvalue weighted by atomic mass is 9.66. The van der Waals surface area contributed by atoms with Gasteiger partial charge in [-0.05, 0) is 30.2 Å². The van der Waals surface area contributed by atoms with E-state index in [4.69, 9.17) is 4.74 Å². The van der Waals surface area contributed by atoms with Crippen molar-refractivity contribution in [1.82, 2.24) is 4.90 Å². The van der Waals surface area contributed by atoms with Gasteiger partial charge in [-0.25, -0.2) is 4.79 Å². The summed E-state index contributed by atoms with van der Waals surface area (Å²) in [6.07, 6.45) is 2.25. The van der Waals surface area contributed by atoms with Crippen LogP contribution in [0, 0.1) is 5.41 Å². The number of aliphatic hydroxyl groups is 1. The molecule has 2 aliphatic rings. The molecule has 1 saturated heterocycles. The smallest absolute Gasteiger partial charge is 0.410 e. The largest absolute Gasteiger partial charge is 0.445 e. The van der Waals surface area contributed by atoms with Gasteiger partial charge >= 0.3 is 6.09 Å². The lowest BCUT2D eigenvalue weighted by Crippen LogP contribution is -2.43. The minimum absolute atomic E-state index is 0.166. The van der Waals surface area contributed by atoms with Crippen LogP contribution in [0.3, 0.4) is 0 Å². The standard InChI is InChI=1S/C15H19NO3/c17-13-8-15(9-13)6-7-16(11-15)14(18)19-10-12-4-2-1-3-5-12/h1-5,13,17H,6-11H2. The molecule has 1 aliphatic heterocycles. The summed E-state index contributed by atoms with van der Waals surface area (Å²) in [5, 5.41) is 9.42. The third-order valence-electron chi connectivity index (χ3n) is 4.24. The summed E-state index contributed by atoms with van der Waals surface area (Å²) in [5.74, 6) is 0. The molecule has 1 heterocycles. The number of rotatable bonds is 2. The molecule has 0 atom stereocenters. The van der Waals surface area contributed by atoms with Crippen molar-refractivity contribution in [2.24, 2.45) is 5.41 Å². The van der Waals surface area contributed by atoms with E-state index in [0.717, 1.165) is 37.9 Å². The van der Waals surface area contributed by atoms with Crippen molar-refractivity contribution in [3.8, 4) is 0 Å². The van der Waals surface area contributed by atoms with Gasteiger partial charge in [-0.3, -0.25) is 0 Å². The number of carbonyl (C=O) groups excluding carboxylic acids is 1. The van der Waals surface area contributed by atoms with Gasteiger partial charge in [0, 0.05) is 13.1 Å². The normalized spacial score (nSPS) is 29.3. The summed E-state index contributed by atoms with van der Waals surface area (Å²) in [6, 6.07) is 9.70. The molecule has 0 bridgehead atoms. The van der Waals surface area contributed by atoms with Crippen LogP contribution < -0.4 is 0 Å². The molecule has 1 aliphatic carbocycles. The zero-order valence-electron chi connectivity index (χ0n) is 10.9. The summed E-state index contributed by atoms with van der Waals surface area (Å²) in [5.41, 5.74) is 1.18. The van der Waals surface area contributed by atoms with Crippen LogP contribution in [0.4, 0.5) is 4.79 Å². The fraction of sp³-hybridized carbons (Fsp3) is 0.533. The van der Waals surface area contributed by atoms with E-state index in [0.29, 0.717) is 6.61 Å². The van der Waals surface area contributed by atoms with Crippen molar-refractivity contribution in [1.29, 1.82) is 0 Å². The van der Waals surface area contributed by atoms with Crippen LogP contribution in [-0.4, -0.2) is 35.3 Å². The van der Waals surface area contributed by atoms with Gasteiger partial charge in [0.25, 0.3) is 0 Å². The number of amides is 1. The van der Waals surface area contributed by atoms with Crippen molar-refractivity contribution in [3.63, 3.8) is 0 Å². The quantitative estimate of drug-likeness (QED) is 0.887. The number of aliphatic hydroxyl groups excluding tert-OH is 1. The van der Waals surface area contributed by atoms with Gasteiger partial charge in [-0.1, -0.05) is 30.3 Å². The molecule has 0 unspecified atom stereocenters. The molecular formula is C15H19NO3. The summed E-state index contributed by atoms with van der Waals surface area (Å²) in [4.78, 5) is 13.7. The molecule has 1 saturated carbocycles. The first-order valence-corrected chi connectivity index (χ1v) is 6.81. The predicted octanol–water partition coefficient (Wildman–Crippen LogP) is 2.17. The van der Waals surface area contributed by atoms with Gasteiger partial charge in [0.05, 0.1) is 6.10 Å². The molecule has 4 heteroatoms. The van der Waals surface area contributed by atoms with Crippen LogP contribution in [0.5, 0.6) is 0 Å². The van der Waals surface area contributed by atoms with Crippen molar-refractivity contribution in [3.05, 3.63) is 35.9 Å². The Balaban J connectivity index is 1.49. The fourth-order valence-electron chi connectivity index (χ4n) is 3.17. The highest BCUT2D eigenvalue weighted by Gasteiger charge is 2.49. The SMILES string of the molecule is O=C(OCc1ccccc1)N1CCC2(CC(O)C2)C1. The van der Waals surface area contributed by atoms with Gasteiger partial charge in [-0.15, -0.1) is 0 Å². The molecular weight excluding hydrogens is 242 g/mol. The molecule has 1 aromatic rings. The number of likely N-dealkylation sites (tertiary alicyclic amines) is 1. The lowest BCUT2D eigenvalue weighted by Gasteiger charge is -2.42. The third kappa shape index (κ3) is 2.59. The van der Waals surface area contributed by atoms with Crippen molar-refractivity contribution >= 4 is 6.09 Å². The Morgan fingerprint density at radius 1 is 1.37 bits per heavy atom. The lowest BCUT2D eigenvalue weighted by molar-refractivity contribution is -0.0252. The van der Waals surface area contributed by atoms with Gasteiger partial charge < -0.3 is 14.7 Å². The minimum Gasteiger partial charge on any atom is -0.445 e. The fourth-order valence-corrected chi connectivity index (χ4v) is 3.17. The topological polar surface area (TPSA) is 49.8 Å². The number of nitrogens with zero attached hydrogens (tertiary/aromatic N) is 1. The molecule has 0 aromatic heterocycles. The average Bonchev–Trinajstić information content (AvgIpc) is 2.82. The number of ether oxygens (including phenoxy) is 1. The van der Waals surface area contributed by atoms with Crippen molar-refractivity contribution in [2.75, 3.05) is 13.1 Å². The minimum atomic E-state index is -0.234. The van der Waals surface area contributed by atoms with Gasteiger partial charge in [0.15, 0.2) is 0 Å². The molecule has 2 fully saturated rings. The number of hydrogen-bond donors (Lipinski definition) is 1. The van der Waals surface area contributed by atoms with Crippen LogP contribution in [0.1, 0.15) is 24.8 Å². The molecule has 4 nitrogen and oxygen atoms in total. The Labute approximate surface area is 113 Å². The molecule has 0 radical (unpaired) electrons. The average molecular weight is 261 g/mol. The van der Waals surface area contributed by atoms with E-state index in [9.17, 15) is 9.90 Å². The maximum atomic E-state index is 12.0. The Bertz CT molecular complexity index is 454. The number of hydrogen-bond acceptors (Lipinski definition) is 3. The second-order valence-corrected chi connectivity index (χ2v) is 5.77. The van der Waals surface area contributed by atoms with E-state index in [1.807, 2.05) is 30.3 Å². The summed E-state index contributed by atoms with van der Waals surface area (Å²) < 4.78 is 5.33. The zero-order chi connectivity index (χ0) is 13.3. The molecule has 1 N–H and O–H groups in total. The van der Waals surface area contributed by atoms with Crippen LogP contribution in [0.25, 0.3) is 0 Å². The van der Waals surface area contributed by atoms with E-state index >= 15 is 0 Å². The second kappa shape index (κ2) is 4.85. The highest BCUT2D eigenvalue weighted by Crippen LogP contribution is 2.48. The number of carbonyl (C=O) groups is 1. The summed E-state index contributed by atoms with van der Waals surface area (Å²) in [7, 11) is 0.